The molecule has 1 N–H and O–H groups in total. The Labute approximate surface area is 156 Å². The molecule has 0 amide bonds. The van der Waals surface area contributed by atoms with E-state index in [4.69, 9.17) is 14.7 Å². The molecule has 0 atom stereocenters. The number of esters is 1. The first-order valence-corrected chi connectivity index (χ1v) is 8.33. The summed E-state index contributed by atoms with van der Waals surface area (Å²) in [6.45, 7) is 3.00. The van der Waals surface area contributed by atoms with Crippen LogP contribution in [0.1, 0.15) is 39.2 Å². The van der Waals surface area contributed by atoms with E-state index < -0.39 is 11.5 Å². The number of aromatic amines is 1. The number of carbonyl (C=O) groups is 2. The van der Waals surface area contributed by atoms with Crippen molar-refractivity contribution in [2.75, 3.05) is 13.7 Å². The number of H-pyrrole nitrogens is 1. The van der Waals surface area contributed by atoms with Crippen LogP contribution in [0.2, 0.25) is 0 Å². The molecule has 2 aromatic rings. The number of Topliss-reactive ketones (excluding diaryl/α,β-unsaturated/α-hetero) is 1. The van der Waals surface area contributed by atoms with Gasteiger partial charge in [0.1, 0.15) is 17.4 Å². The van der Waals surface area contributed by atoms with Gasteiger partial charge in [0.2, 0.25) is 5.78 Å². The summed E-state index contributed by atoms with van der Waals surface area (Å²) in [6, 6.07) is 8.57. The summed E-state index contributed by atoms with van der Waals surface area (Å²) < 4.78 is 10.2. The molecule has 1 aromatic heterocycles. The predicted molar refractivity (Wildman–Crippen MR) is 97.9 cm³/mol. The van der Waals surface area contributed by atoms with Gasteiger partial charge in [0.15, 0.2) is 6.61 Å². The van der Waals surface area contributed by atoms with E-state index >= 15 is 0 Å². The Kier molecular flexibility index (Phi) is 6.50. The number of aromatic nitrogens is 1. The normalized spacial score (nSPS) is 10.1. The van der Waals surface area contributed by atoms with Crippen LogP contribution in [0, 0.1) is 25.2 Å². The molecule has 0 aliphatic rings. The lowest BCUT2D eigenvalue weighted by atomic mass is 9.99. The largest absolute Gasteiger partial charge is 0.496 e. The van der Waals surface area contributed by atoms with Gasteiger partial charge in [0, 0.05) is 12.1 Å². The number of hydrogen-bond donors (Lipinski definition) is 1. The summed E-state index contributed by atoms with van der Waals surface area (Å²) in [6.07, 6.45) is 0.322. The first-order valence-electron chi connectivity index (χ1n) is 8.33. The summed E-state index contributed by atoms with van der Waals surface area (Å²) in [5.74, 6) is -0.479. The van der Waals surface area contributed by atoms with Crippen LogP contribution in [0.25, 0.3) is 0 Å². The predicted octanol–water partition coefficient (Wildman–Crippen LogP) is 2.23. The summed E-state index contributed by atoms with van der Waals surface area (Å²) in [4.78, 5) is 38.5. The average molecular weight is 368 g/mol. The number of aryl methyl sites for hydroxylation is 1. The molecule has 0 aliphatic carbocycles. The number of carbonyl (C=O) groups excluding carboxylic acids is 2. The van der Waals surface area contributed by atoms with Crippen LogP contribution in [-0.4, -0.2) is 30.5 Å². The maximum atomic E-state index is 12.2. The van der Waals surface area contributed by atoms with Crippen LogP contribution in [-0.2, 0) is 16.0 Å². The fourth-order valence-corrected chi connectivity index (χ4v) is 2.82. The zero-order chi connectivity index (χ0) is 20.0. The van der Waals surface area contributed by atoms with Gasteiger partial charge >= 0.3 is 5.97 Å². The number of rotatable bonds is 7. The molecule has 7 nitrogen and oxygen atoms in total. The standard InChI is InChI=1S/C20H20N2O5/c1-12-14(13(2)22-20(25)16(12)10-21)8-9-19(24)27-11-17(23)15-6-4-5-7-18(15)26-3/h4-7H,8-9,11H2,1-3H3,(H,22,25). The maximum Gasteiger partial charge on any atom is 0.306 e. The van der Waals surface area contributed by atoms with Crippen LogP contribution >= 0.6 is 0 Å². The Morgan fingerprint density at radius 3 is 2.59 bits per heavy atom. The van der Waals surface area contributed by atoms with Crippen molar-refractivity contribution in [1.29, 1.82) is 5.26 Å². The Hall–Kier alpha value is -3.40. The lowest BCUT2D eigenvalue weighted by molar-refractivity contribution is -0.142. The minimum atomic E-state index is -0.540. The van der Waals surface area contributed by atoms with Crippen LogP contribution in [0.3, 0.4) is 0 Å². The number of benzene rings is 1. The Bertz CT molecular complexity index is 969. The van der Waals surface area contributed by atoms with E-state index in [2.05, 4.69) is 4.98 Å². The number of nitrogens with zero attached hydrogens (tertiary/aromatic N) is 1. The highest BCUT2D eigenvalue weighted by atomic mass is 16.5. The van der Waals surface area contributed by atoms with Gasteiger partial charge < -0.3 is 14.5 Å². The van der Waals surface area contributed by atoms with Crippen molar-refractivity contribution in [2.45, 2.75) is 26.7 Å². The summed E-state index contributed by atoms with van der Waals surface area (Å²) in [7, 11) is 1.46. The van der Waals surface area contributed by atoms with Crippen molar-refractivity contribution in [1.82, 2.24) is 4.98 Å². The van der Waals surface area contributed by atoms with E-state index in [0.717, 1.165) is 5.56 Å². The van der Waals surface area contributed by atoms with Crippen molar-refractivity contribution < 1.29 is 19.1 Å². The van der Waals surface area contributed by atoms with Gasteiger partial charge in [-0.15, -0.1) is 0 Å². The quantitative estimate of drug-likeness (QED) is 0.593. The second-order valence-electron chi connectivity index (χ2n) is 5.95. The highest BCUT2D eigenvalue weighted by molar-refractivity contribution is 6.00. The maximum absolute atomic E-state index is 12.2. The molecule has 0 radical (unpaired) electrons. The Morgan fingerprint density at radius 2 is 1.93 bits per heavy atom. The van der Waals surface area contributed by atoms with Gasteiger partial charge in [-0.3, -0.25) is 14.4 Å². The number of para-hydroxylation sites is 1. The van der Waals surface area contributed by atoms with Crippen molar-refractivity contribution >= 4 is 11.8 Å². The highest BCUT2D eigenvalue weighted by Gasteiger charge is 2.16. The molecule has 0 aliphatic heterocycles. The summed E-state index contributed by atoms with van der Waals surface area (Å²) in [5, 5.41) is 9.08. The zero-order valence-electron chi connectivity index (χ0n) is 15.4. The van der Waals surface area contributed by atoms with E-state index in [1.807, 2.05) is 6.07 Å². The minimum absolute atomic E-state index is 0.0256. The third kappa shape index (κ3) is 4.61. The summed E-state index contributed by atoms with van der Waals surface area (Å²) in [5.41, 5.74) is 1.82. The minimum Gasteiger partial charge on any atom is -0.496 e. The summed E-state index contributed by atoms with van der Waals surface area (Å²) >= 11 is 0. The first kappa shape index (κ1) is 19.9. The first-order chi connectivity index (χ1) is 12.9. The SMILES string of the molecule is COc1ccccc1C(=O)COC(=O)CCc1c(C)[nH]c(=O)c(C#N)c1C. The Morgan fingerprint density at radius 1 is 1.22 bits per heavy atom. The van der Waals surface area contributed by atoms with Crippen LogP contribution < -0.4 is 10.3 Å². The van der Waals surface area contributed by atoms with Crippen molar-refractivity contribution in [3.8, 4) is 11.8 Å². The topological polar surface area (TPSA) is 109 Å². The van der Waals surface area contributed by atoms with Gasteiger partial charge in [-0.2, -0.15) is 5.26 Å². The Balaban J connectivity index is 1.99. The van der Waals surface area contributed by atoms with E-state index in [-0.39, 0.29) is 24.4 Å². The fraction of sp³-hybridized carbons (Fsp3) is 0.300. The number of ether oxygens (including phenoxy) is 2. The van der Waals surface area contributed by atoms with Gasteiger partial charge in [0.05, 0.1) is 12.7 Å². The van der Waals surface area contributed by atoms with Crippen molar-refractivity contribution in [3.63, 3.8) is 0 Å². The second kappa shape index (κ2) is 8.81. The van der Waals surface area contributed by atoms with E-state index in [1.54, 1.807) is 38.1 Å². The van der Waals surface area contributed by atoms with E-state index in [1.165, 1.54) is 7.11 Å². The number of methoxy groups -OCH3 is 1. The molecule has 1 aromatic carbocycles. The highest BCUT2D eigenvalue weighted by Crippen LogP contribution is 2.18. The van der Waals surface area contributed by atoms with Gasteiger partial charge in [-0.25, -0.2) is 0 Å². The third-order valence-corrected chi connectivity index (χ3v) is 4.27. The van der Waals surface area contributed by atoms with Gasteiger partial charge in [-0.1, -0.05) is 12.1 Å². The lowest BCUT2D eigenvalue weighted by Crippen LogP contribution is -2.18. The molecule has 0 saturated heterocycles. The van der Waals surface area contributed by atoms with Crippen LogP contribution in [0.4, 0.5) is 0 Å². The molecule has 140 valence electrons. The molecule has 1 heterocycles. The number of nitrogens with one attached hydrogen (secondary N) is 1. The second-order valence-corrected chi connectivity index (χ2v) is 5.95. The van der Waals surface area contributed by atoms with Crippen LogP contribution in [0.15, 0.2) is 29.1 Å². The van der Waals surface area contributed by atoms with Crippen LogP contribution in [0.5, 0.6) is 5.75 Å². The smallest absolute Gasteiger partial charge is 0.306 e. The molecule has 2 rings (SSSR count). The number of nitriles is 1. The van der Waals surface area contributed by atoms with Crippen molar-refractivity contribution in [2.24, 2.45) is 0 Å². The molecule has 0 spiro atoms. The number of ketones is 1. The van der Waals surface area contributed by atoms with E-state index in [9.17, 15) is 14.4 Å². The zero-order valence-corrected chi connectivity index (χ0v) is 15.4. The number of pyridine rings is 1. The van der Waals surface area contributed by atoms with Crippen molar-refractivity contribution in [3.05, 3.63) is 62.6 Å². The molecule has 0 saturated carbocycles. The third-order valence-electron chi connectivity index (χ3n) is 4.27. The van der Waals surface area contributed by atoms with Gasteiger partial charge in [0.25, 0.3) is 5.56 Å². The molecule has 0 bridgehead atoms. The number of hydrogen-bond acceptors (Lipinski definition) is 6. The molecular formula is C20H20N2O5. The molecule has 0 unspecified atom stereocenters. The molecule has 27 heavy (non-hydrogen) atoms. The fourth-order valence-electron chi connectivity index (χ4n) is 2.82. The van der Waals surface area contributed by atoms with Gasteiger partial charge in [-0.05, 0) is 43.5 Å². The lowest BCUT2D eigenvalue weighted by Gasteiger charge is -2.11. The molecule has 0 fully saturated rings. The molecule has 7 heteroatoms. The van der Waals surface area contributed by atoms with E-state index in [0.29, 0.717) is 29.0 Å². The monoisotopic (exact) mass is 368 g/mol. The molecular weight excluding hydrogens is 348 g/mol. The average Bonchev–Trinajstić information content (AvgIpc) is 2.65.